The van der Waals surface area contributed by atoms with Crippen LogP contribution in [0, 0.1) is 0 Å². The predicted octanol–water partition coefficient (Wildman–Crippen LogP) is 0.668. The zero-order chi connectivity index (χ0) is 24.2. The largest absolute Gasteiger partial charge is 0.372 e. The maximum atomic E-state index is 13.1. The molecule has 1 aromatic carbocycles. The second-order valence-corrected chi connectivity index (χ2v) is 9.42. The number of hydrogen-bond donors (Lipinski definition) is 1. The lowest BCUT2D eigenvalue weighted by molar-refractivity contribution is -0.136. The zero-order valence-corrected chi connectivity index (χ0v) is 19.3. The number of fused-ring (bicyclic) bond motifs is 1. The van der Waals surface area contributed by atoms with Crippen LogP contribution in [-0.4, -0.2) is 79.3 Å². The molecule has 0 saturated carbocycles. The van der Waals surface area contributed by atoms with Crippen molar-refractivity contribution in [2.24, 2.45) is 0 Å². The molecule has 11 nitrogen and oxygen atoms in total. The first-order valence-corrected chi connectivity index (χ1v) is 11.3. The van der Waals surface area contributed by atoms with E-state index in [1.54, 1.807) is 23.2 Å². The second kappa shape index (κ2) is 8.01. The molecule has 34 heavy (non-hydrogen) atoms. The quantitative estimate of drug-likeness (QED) is 0.659. The minimum absolute atomic E-state index is 0.130. The van der Waals surface area contributed by atoms with E-state index >= 15 is 0 Å². The Morgan fingerprint density at radius 1 is 1.24 bits per heavy atom. The normalized spacial score (nSPS) is 24.3. The van der Waals surface area contributed by atoms with Crippen LogP contribution < -0.4 is 5.32 Å². The Balaban J connectivity index is 1.35. The molecule has 2 unspecified atom stereocenters. The van der Waals surface area contributed by atoms with Gasteiger partial charge in [0.15, 0.2) is 5.69 Å². The number of hydrogen-bond acceptors (Lipinski definition) is 7. The first-order valence-electron chi connectivity index (χ1n) is 11.3. The molecule has 2 aromatic rings. The summed E-state index contributed by atoms with van der Waals surface area (Å²) in [6.07, 6.45) is 2.07. The highest BCUT2D eigenvalue weighted by Gasteiger charge is 2.40. The summed E-state index contributed by atoms with van der Waals surface area (Å²) in [4.78, 5) is 53.1. The van der Waals surface area contributed by atoms with Crippen molar-refractivity contribution in [3.63, 3.8) is 0 Å². The van der Waals surface area contributed by atoms with Crippen molar-refractivity contribution in [1.29, 1.82) is 0 Å². The Labute approximate surface area is 196 Å². The highest BCUT2D eigenvalue weighted by Crippen LogP contribution is 2.29. The van der Waals surface area contributed by atoms with Gasteiger partial charge in [-0.25, -0.2) is 4.68 Å². The Morgan fingerprint density at radius 3 is 2.79 bits per heavy atom. The van der Waals surface area contributed by atoms with Gasteiger partial charge in [0.2, 0.25) is 11.8 Å². The third kappa shape index (κ3) is 3.65. The van der Waals surface area contributed by atoms with Gasteiger partial charge in [-0.2, -0.15) is 0 Å². The zero-order valence-electron chi connectivity index (χ0n) is 19.3. The van der Waals surface area contributed by atoms with Crippen LogP contribution in [0.2, 0.25) is 0 Å². The molecule has 3 aliphatic heterocycles. The number of carbonyl (C=O) groups is 4. The van der Waals surface area contributed by atoms with E-state index in [1.165, 1.54) is 9.58 Å². The van der Waals surface area contributed by atoms with Gasteiger partial charge in [0, 0.05) is 25.1 Å². The molecular formula is C23H26N6O5. The van der Waals surface area contributed by atoms with Gasteiger partial charge in [0.25, 0.3) is 11.8 Å². The highest BCUT2D eigenvalue weighted by molar-refractivity contribution is 6.05. The SMILES string of the molecule is CC1N(C(=O)c2cn(-c3ccc4c(c3)C(=O)N(C3CCC(=O)NC3=O)C4)nn2)CCOC1(C)C. The lowest BCUT2D eigenvalue weighted by Gasteiger charge is -2.44. The first kappa shape index (κ1) is 22.2. The molecule has 4 heterocycles. The van der Waals surface area contributed by atoms with Gasteiger partial charge in [-0.1, -0.05) is 11.3 Å². The molecular weight excluding hydrogens is 440 g/mol. The monoisotopic (exact) mass is 466 g/mol. The molecule has 0 aliphatic carbocycles. The number of nitrogens with zero attached hydrogens (tertiary/aromatic N) is 5. The van der Waals surface area contributed by atoms with Crippen molar-refractivity contribution >= 4 is 23.6 Å². The summed E-state index contributed by atoms with van der Waals surface area (Å²) in [5.74, 6) is -1.26. The van der Waals surface area contributed by atoms with Gasteiger partial charge in [-0.3, -0.25) is 24.5 Å². The molecule has 3 aliphatic rings. The third-order valence-corrected chi connectivity index (χ3v) is 7.03. The van der Waals surface area contributed by atoms with Gasteiger partial charge in [0.1, 0.15) is 6.04 Å². The van der Waals surface area contributed by atoms with Crippen LogP contribution in [0.5, 0.6) is 0 Å². The van der Waals surface area contributed by atoms with Crippen LogP contribution in [0.3, 0.4) is 0 Å². The van der Waals surface area contributed by atoms with Crippen LogP contribution >= 0.6 is 0 Å². The van der Waals surface area contributed by atoms with Crippen molar-refractivity contribution in [2.75, 3.05) is 13.2 Å². The van der Waals surface area contributed by atoms with Gasteiger partial charge >= 0.3 is 0 Å². The molecule has 2 saturated heterocycles. The fourth-order valence-electron chi connectivity index (χ4n) is 4.69. The van der Waals surface area contributed by atoms with E-state index in [2.05, 4.69) is 15.6 Å². The number of nitrogens with one attached hydrogen (secondary N) is 1. The number of imide groups is 1. The number of amides is 4. The van der Waals surface area contributed by atoms with Crippen LogP contribution in [0.15, 0.2) is 24.4 Å². The predicted molar refractivity (Wildman–Crippen MR) is 118 cm³/mol. The summed E-state index contributed by atoms with van der Waals surface area (Å²) in [6, 6.07) is 4.49. The van der Waals surface area contributed by atoms with Crippen molar-refractivity contribution in [2.45, 2.75) is 57.8 Å². The summed E-state index contributed by atoms with van der Waals surface area (Å²) >= 11 is 0. The lowest BCUT2D eigenvalue weighted by Crippen LogP contribution is -2.57. The second-order valence-electron chi connectivity index (χ2n) is 9.42. The van der Waals surface area contributed by atoms with E-state index in [0.717, 1.165) is 5.56 Å². The fourth-order valence-corrected chi connectivity index (χ4v) is 4.69. The molecule has 5 rings (SSSR count). The minimum Gasteiger partial charge on any atom is -0.372 e. The molecule has 1 N–H and O–H groups in total. The fraction of sp³-hybridized carbons (Fsp3) is 0.478. The highest BCUT2D eigenvalue weighted by atomic mass is 16.5. The summed E-state index contributed by atoms with van der Waals surface area (Å²) < 4.78 is 7.24. The molecule has 2 fully saturated rings. The molecule has 0 bridgehead atoms. The number of ether oxygens (including phenoxy) is 1. The van der Waals surface area contributed by atoms with E-state index in [-0.39, 0.29) is 35.9 Å². The molecule has 4 amide bonds. The Bertz CT molecular complexity index is 1200. The molecule has 2 atom stereocenters. The summed E-state index contributed by atoms with van der Waals surface area (Å²) in [5.41, 5.74) is 1.59. The summed E-state index contributed by atoms with van der Waals surface area (Å²) in [7, 11) is 0. The van der Waals surface area contributed by atoms with Crippen molar-refractivity contribution in [1.82, 2.24) is 30.1 Å². The summed E-state index contributed by atoms with van der Waals surface area (Å²) in [6.45, 7) is 7.07. The van der Waals surface area contributed by atoms with Crippen LogP contribution in [0.4, 0.5) is 0 Å². The Kier molecular flexibility index (Phi) is 5.23. The first-order chi connectivity index (χ1) is 16.2. The minimum atomic E-state index is -0.670. The topological polar surface area (TPSA) is 127 Å². The average molecular weight is 466 g/mol. The van der Waals surface area contributed by atoms with Gasteiger partial charge in [-0.15, -0.1) is 5.10 Å². The number of benzene rings is 1. The molecule has 0 spiro atoms. The van der Waals surface area contributed by atoms with Crippen LogP contribution in [0.25, 0.3) is 5.69 Å². The average Bonchev–Trinajstić information content (AvgIpc) is 3.41. The molecule has 0 radical (unpaired) electrons. The van der Waals surface area contributed by atoms with E-state index in [9.17, 15) is 19.2 Å². The molecule has 11 heteroatoms. The Hall–Kier alpha value is -3.60. The summed E-state index contributed by atoms with van der Waals surface area (Å²) in [5, 5.41) is 10.5. The Morgan fingerprint density at radius 2 is 2.03 bits per heavy atom. The maximum absolute atomic E-state index is 13.1. The van der Waals surface area contributed by atoms with Crippen molar-refractivity contribution < 1.29 is 23.9 Å². The van der Waals surface area contributed by atoms with Crippen molar-refractivity contribution in [3.05, 3.63) is 41.2 Å². The maximum Gasteiger partial charge on any atom is 0.276 e. The van der Waals surface area contributed by atoms with Crippen LogP contribution in [0.1, 0.15) is 60.0 Å². The third-order valence-electron chi connectivity index (χ3n) is 7.03. The van der Waals surface area contributed by atoms with E-state index in [4.69, 9.17) is 4.74 Å². The van der Waals surface area contributed by atoms with Gasteiger partial charge in [-0.05, 0) is 44.9 Å². The molecule has 1 aromatic heterocycles. The van der Waals surface area contributed by atoms with E-state index in [1.807, 2.05) is 26.8 Å². The van der Waals surface area contributed by atoms with Crippen molar-refractivity contribution in [3.8, 4) is 5.69 Å². The smallest absolute Gasteiger partial charge is 0.276 e. The number of rotatable bonds is 3. The number of carbonyl (C=O) groups excluding carboxylic acids is 4. The number of morpholine rings is 1. The molecule has 178 valence electrons. The standard InChI is InChI=1S/C23H26N6O5/c1-13-23(2,3)34-9-8-27(13)22(33)17-12-29(26-25-17)15-5-4-14-11-28(21(32)16(14)10-15)18-6-7-19(30)24-20(18)31/h4-5,10,12-13,18H,6-9,11H2,1-3H3,(H,24,30,31). The van der Waals surface area contributed by atoms with Gasteiger partial charge in [0.05, 0.1) is 30.1 Å². The van der Waals surface area contributed by atoms with E-state index < -0.39 is 17.6 Å². The lowest BCUT2D eigenvalue weighted by atomic mass is 9.96. The van der Waals surface area contributed by atoms with Crippen LogP contribution in [-0.2, 0) is 20.9 Å². The van der Waals surface area contributed by atoms with E-state index in [0.29, 0.717) is 37.4 Å². The number of aromatic nitrogens is 3. The number of piperidine rings is 1. The van der Waals surface area contributed by atoms with Gasteiger partial charge < -0.3 is 14.5 Å².